The third-order valence-electron chi connectivity index (χ3n) is 4.52. The van der Waals surface area contributed by atoms with Gasteiger partial charge in [0.15, 0.2) is 6.79 Å². The number of carbonyl (C=O) groups is 1. The number of nitriles is 1. The molecule has 4 rings (SSSR count). The highest BCUT2D eigenvalue weighted by Gasteiger charge is 2.22. The third kappa shape index (κ3) is 5.23. The molecule has 3 aromatic carbocycles. The summed E-state index contributed by atoms with van der Waals surface area (Å²) in [6, 6.07) is 23.3. The summed E-state index contributed by atoms with van der Waals surface area (Å²) in [5.74, 6) is 0.609. The molecule has 3 aromatic rings. The Kier molecular flexibility index (Phi) is 6.04. The van der Waals surface area contributed by atoms with Gasteiger partial charge in [-0.1, -0.05) is 24.3 Å². The SMILES string of the molecule is N#Cc1ccc(-c2ccc(OC(=O)c3ccc(OCOCC4CO4)cc3)cc2)cc1. The molecule has 1 fully saturated rings. The van der Waals surface area contributed by atoms with Crippen LogP contribution >= 0.6 is 0 Å². The van der Waals surface area contributed by atoms with Crippen LogP contribution in [-0.2, 0) is 9.47 Å². The lowest BCUT2D eigenvalue weighted by atomic mass is 10.0. The average molecular weight is 401 g/mol. The number of benzene rings is 3. The number of carbonyl (C=O) groups excluding carboxylic acids is 1. The Morgan fingerprint density at radius 2 is 1.53 bits per heavy atom. The van der Waals surface area contributed by atoms with E-state index in [0.29, 0.717) is 29.2 Å². The maximum atomic E-state index is 12.4. The highest BCUT2D eigenvalue weighted by atomic mass is 16.7. The first-order valence-electron chi connectivity index (χ1n) is 9.46. The van der Waals surface area contributed by atoms with E-state index >= 15 is 0 Å². The van der Waals surface area contributed by atoms with E-state index in [0.717, 1.165) is 17.7 Å². The fraction of sp³-hybridized carbons (Fsp3) is 0.167. The first-order chi connectivity index (χ1) is 14.7. The van der Waals surface area contributed by atoms with Crippen molar-refractivity contribution in [3.63, 3.8) is 0 Å². The second kappa shape index (κ2) is 9.23. The number of hydrogen-bond donors (Lipinski definition) is 0. The monoisotopic (exact) mass is 401 g/mol. The largest absolute Gasteiger partial charge is 0.468 e. The fourth-order valence-corrected chi connectivity index (χ4v) is 2.76. The molecule has 1 aliphatic rings. The van der Waals surface area contributed by atoms with E-state index in [1.165, 1.54) is 0 Å². The van der Waals surface area contributed by atoms with E-state index in [-0.39, 0.29) is 12.9 Å². The number of nitrogens with zero attached hydrogens (tertiary/aromatic N) is 1. The quantitative estimate of drug-likeness (QED) is 0.185. The highest BCUT2D eigenvalue weighted by molar-refractivity contribution is 5.91. The van der Waals surface area contributed by atoms with Crippen LogP contribution < -0.4 is 9.47 Å². The summed E-state index contributed by atoms with van der Waals surface area (Å²) >= 11 is 0. The molecule has 1 saturated heterocycles. The Morgan fingerprint density at radius 3 is 2.13 bits per heavy atom. The van der Waals surface area contributed by atoms with Crippen LogP contribution in [0.1, 0.15) is 15.9 Å². The molecule has 30 heavy (non-hydrogen) atoms. The van der Waals surface area contributed by atoms with Crippen molar-refractivity contribution in [2.24, 2.45) is 0 Å². The first kappa shape index (κ1) is 19.6. The normalized spacial score (nSPS) is 14.6. The zero-order chi connectivity index (χ0) is 20.8. The highest BCUT2D eigenvalue weighted by Crippen LogP contribution is 2.23. The maximum Gasteiger partial charge on any atom is 0.343 e. The lowest BCUT2D eigenvalue weighted by Crippen LogP contribution is -2.09. The van der Waals surface area contributed by atoms with Crippen LogP contribution in [0.2, 0.25) is 0 Å². The van der Waals surface area contributed by atoms with Gasteiger partial charge in [0.05, 0.1) is 30.4 Å². The number of esters is 1. The van der Waals surface area contributed by atoms with Crippen LogP contribution in [0.3, 0.4) is 0 Å². The summed E-state index contributed by atoms with van der Waals surface area (Å²) < 4.78 is 21.3. The standard InChI is InChI=1S/C24H19NO5/c25-13-17-1-3-18(4-2-17)19-5-11-22(12-6-19)30-24(26)20-7-9-21(10-8-20)29-16-27-14-23-15-28-23/h1-12,23H,14-16H2. The Bertz CT molecular complexity index is 1030. The second-order valence-electron chi connectivity index (χ2n) is 6.72. The molecular weight excluding hydrogens is 382 g/mol. The first-order valence-corrected chi connectivity index (χ1v) is 9.46. The molecule has 0 amide bonds. The Labute approximate surface area is 174 Å². The lowest BCUT2D eigenvalue weighted by Gasteiger charge is -2.08. The van der Waals surface area contributed by atoms with Gasteiger partial charge in [-0.15, -0.1) is 0 Å². The molecule has 1 atom stereocenters. The number of hydrogen-bond acceptors (Lipinski definition) is 6. The van der Waals surface area contributed by atoms with Crippen molar-refractivity contribution >= 4 is 5.97 Å². The maximum absolute atomic E-state index is 12.4. The summed E-state index contributed by atoms with van der Waals surface area (Å²) in [5, 5.41) is 8.88. The minimum Gasteiger partial charge on any atom is -0.468 e. The average Bonchev–Trinajstić information content (AvgIpc) is 3.62. The Morgan fingerprint density at radius 1 is 0.933 bits per heavy atom. The lowest BCUT2D eigenvalue weighted by molar-refractivity contribution is 0.00821. The third-order valence-corrected chi connectivity index (χ3v) is 4.52. The summed E-state index contributed by atoms with van der Waals surface area (Å²) in [7, 11) is 0. The van der Waals surface area contributed by atoms with Crippen molar-refractivity contribution in [3.05, 3.63) is 83.9 Å². The summed E-state index contributed by atoms with van der Waals surface area (Å²) in [6.07, 6.45) is 0.198. The molecule has 1 heterocycles. The fourth-order valence-electron chi connectivity index (χ4n) is 2.76. The minimum atomic E-state index is -0.449. The van der Waals surface area contributed by atoms with Gasteiger partial charge in [-0.05, 0) is 59.7 Å². The van der Waals surface area contributed by atoms with E-state index in [2.05, 4.69) is 6.07 Å². The Hall–Kier alpha value is -3.66. The van der Waals surface area contributed by atoms with E-state index in [1.807, 2.05) is 24.3 Å². The predicted molar refractivity (Wildman–Crippen MR) is 109 cm³/mol. The van der Waals surface area contributed by atoms with Gasteiger partial charge in [0, 0.05) is 0 Å². The molecule has 0 radical (unpaired) electrons. The molecule has 0 N–H and O–H groups in total. The number of epoxide rings is 1. The van der Waals surface area contributed by atoms with Gasteiger partial charge in [0.1, 0.15) is 17.6 Å². The van der Waals surface area contributed by atoms with Crippen LogP contribution in [0.5, 0.6) is 11.5 Å². The smallest absolute Gasteiger partial charge is 0.343 e. The van der Waals surface area contributed by atoms with Crippen LogP contribution in [-0.4, -0.2) is 32.1 Å². The van der Waals surface area contributed by atoms with E-state index in [1.54, 1.807) is 48.5 Å². The predicted octanol–water partition coefficient (Wildman–Crippen LogP) is 4.20. The van der Waals surface area contributed by atoms with Crippen molar-refractivity contribution in [2.45, 2.75) is 6.10 Å². The van der Waals surface area contributed by atoms with E-state index < -0.39 is 5.97 Å². The Balaban J connectivity index is 1.30. The van der Waals surface area contributed by atoms with Crippen LogP contribution in [0.4, 0.5) is 0 Å². The van der Waals surface area contributed by atoms with Crippen molar-refractivity contribution in [1.82, 2.24) is 0 Å². The number of ether oxygens (including phenoxy) is 4. The van der Waals surface area contributed by atoms with Crippen LogP contribution in [0.15, 0.2) is 72.8 Å². The second-order valence-corrected chi connectivity index (χ2v) is 6.72. The molecule has 150 valence electrons. The van der Waals surface area contributed by atoms with Crippen molar-refractivity contribution in [1.29, 1.82) is 5.26 Å². The molecule has 0 aliphatic carbocycles. The van der Waals surface area contributed by atoms with Gasteiger partial charge in [0.25, 0.3) is 0 Å². The summed E-state index contributed by atoms with van der Waals surface area (Å²) in [6.45, 7) is 1.40. The van der Waals surface area contributed by atoms with E-state index in [4.69, 9.17) is 24.2 Å². The van der Waals surface area contributed by atoms with E-state index in [9.17, 15) is 4.79 Å². The zero-order valence-electron chi connectivity index (χ0n) is 16.1. The summed E-state index contributed by atoms with van der Waals surface area (Å²) in [5.41, 5.74) is 2.99. The molecule has 0 saturated carbocycles. The van der Waals surface area contributed by atoms with Gasteiger partial charge in [-0.3, -0.25) is 0 Å². The molecular formula is C24H19NO5. The number of rotatable bonds is 8. The minimum absolute atomic E-state index is 0.134. The van der Waals surface area contributed by atoms with Gasteiger partial charge < -0.3 is 18.9 Å². The molecule has 0 aromatic heterocycles. The van der Waals surface area contributed by atoms with Crippen molar-refractivity contribution in [2.75, 3.05) is 20.0 Å². The molecule has 0 bridgehead atoms. The van der Waals surface area contributed by atoms with Crippen molar-refractivity contribution in [3.8, 4) is 28.7 Å². The van der Waals surface area contributed by atoms with Gasteiger partial charge >= 0.3 is 5.97 Å². The van der Waals surface area contributed by atoms with Gasteiger partial charge in [-0.25, -0.2) is 4.79 Å². The van der Waals surface area contributed by atoms with Gasteiger partial charge in [0.2, 0.25) is 0 Å². The topological polar surface area (TPSA) is 81.1 Å². The zero-order valence-corrected chi connectivity index (χ0v) is 16.1. The molecule has 1 unspecified atom stereocenters. The van der Waals surface area contributed by atoms with Crippen LogP contribution in [0, 0.1) is 11.3 Å². The summed E-state index contributed by atoms with van der Waals surface area (Å²) in [4.78, 5) is 12.4. The van der Waals surface area contributed by atoms with Crippen molar-refractivity contribution < 1.29 is 23.7 Å². The molecule has 6 nitrogen and oxygen atoms in total. The van der Waals surface area contributed by atoms with Crippen LogP contribution in [0.25, 0.3) is 11.1 Å². The molecule has 0 spiro atoms. The molecule has 6 heteroatoms. The molecule has 1 aliphatic heterocycles. The van der Waals surface area contributed by atoms with Gasteiger partial charge in [-0.2, -0.15) is 5.26 Å².